The van der Waals surface area contributed by atoms with Crippen LogP contribution in [0, 0.1) is 0 Å². The molecule has 0 fully saturated rings. The first-order valence-corrected chi connectivity index (χ1v) is 5.74. The molecule has 17 heavy (non-hydrogen) atoms. The first kappa shape index (κ1) is 10.4. The van der Waals surface area contributed by atoms with Crippen LogP contribution in [0.4, 0.5) is 0 Å². The second-order valence-electron chi connectivity index (χ2n) is 4.47. The van der Waals surface area contributed by atoms with Crippen LogP contribution in [0.3, 0.4) is 0 Å². The van der Waals surface area contributed by atoms with Crippen LogP contribution in [0.1, 0.15) is 5.56 Å². The van der Waals surface area contributed by atoms with Gasteiger partial charge in [-0.3, -0.25) is 4.68 Å². The summed E-state index contributed by atoms with van der Waals surface area (Å²) in [6.45, 7) is 0.607. The molecule has 1 aromatic heterocycles. The van der Waals surface area contributed by atoms with Gasteiger partial charge in [-0.1, -0.05) is 0 Å². The molecular weight excluding hydrogens is 214 g/mol. The molecular formula is C13H15N3O. The van der Waals surface area contributed by atoms with Gasteiger partial charge in [0.2, 0.25) is 0 Å². The van der Waals surface area contributed by atoms with Gasteiger partial charge in [0.25, 0.3) is 0 Å². The van der Waals surface area contributed by atoms with E-state index >= 15 is 0 Å². The van der Waals surface area contributed by atoms with Gasteiger partial charge >= 0.3 is 0 Å². The number of nitrogens with zero attached hydrogens (tertiary/aromatic N) is 2. The standard InChI is InChI=1S/C13H15N3O/c1-16-5-4-12(15-16)9-2-3-13-10(6-9)7-11(14)8-17-13/h2-6,11H,7-8,14H2,1H3/t11-/m1/s1. The highest BCUT2D eigenvalue weighted by molar-refractivity contribution is 5.62. The van der Waals surface area contributed by atoms with E-state index in [-0.39, 0.29) is 6.04 Å². The van der Waals surface area contributed by atoms with E-state index in [1.165, 1.54) is 5.56 Å². The van der Waals surface area contributed by atoms with Gasteiger partial charge < -0.3 is 10.5 Å². The number of aromatic nitrogens is 2. The maximum Gasteiger partial charge on any atom is 0.122 e. The Labute approximate surface area is 100 Å². The molecule has 1 atom stereocenters. The summed E-state index contributed by atoms with van der Waals surface area (Å²) in [5.41, 5.74) is 9.16. The van der Waals surface area contributed by atoms with Crippen LogP contribution in [-0.2, 0) is 13.5 Å². The molecule has 2 aromatic rings. The summed E-state index contributed by atoms with van der Waals surface area (Å²) in [7, 11) is 1.92. The van der Waals surface area contributed by atoms with Crippen molar-refractivity contribution in [1.82, 2.24) is 9.78 Å². The highest BCUT2D eigenvalue weighted by atomic mass is 16.5. The van der Waals surface area contributed by atoms with E-state index < -0.39 is 0 Å². The Morgan fingerprint density at radius 2 is 2.29 bits per heavy atom. The van der Waals surface area contributed by atoms with E-state index in [4.69, 9.17) is 10.5 Å². The van der Waals surface area contributed by atoms with Gasteiger partial charge in [-0.15, -0.1) is 0 Å². The Morgan fingerprint density at radius 1 is 1.41 bits per heavy atom. The summed E-state index contributed by atoms with van der Waals surface area (Å²) < 4.78 is 7.38. The predicted molar refractivity (Wildman–Crippen MR) is 65.8 cm³/mol. The number of nitrogens with two attached hydrogens (primary N) is 1. The Balaban J connectivity index is 2.00. The van der Waals surface area contributed by atoms with Crippen molar-refractivity contribution in [3.8, 4) is 17.0 Å². The third-order valence-corrected chi connectivity index (χ3v) is 3.00. The quantitative estimate of drug-likeness (QED) is 0.803. The number of rotatable bonds is 1. The first-order valence-electron chi connectivity index (χ1n) is 5.74. The smallest absolute Gasteiger partial charge is 0.122 e. The summed E-state index contributed by atoms with van der Waals surface area (Å²) in [4.78, 5) is 0. The number of hydrogen-bond donors (Lipinski definition) is 1. The SMILES string of the molecule is Cn1ccc(-c2ccc3c(c2)C[C@@H](N)CO3)n1. The van der Waals surface area contributed by atoms with Crippen molar-refractivity contribution in [1.29, 1.82) is 0 Å². The summed E-state index contributed by atoms with van der Waals surface area (Å²) >= 11 is 0. The zero-order valence-corrected chi connectivity index (χ0v) is 9.76. The molecule has 0 radical (unpaired) electrons. The average Bonchev–Trinajstić information content (AvgIpc) is 2.75. The fourth-order valence-corrected chi connectivity index (χ4v) is 2.15. The van der Waals surface area contributed by atoms with Crippen LogP contribution in [0.15, 0.2) is 30.5 Å². The first-order chi connectivity index (χ1) is 8.22. The molecule has 88 valence electrons. The largest absolute Gasteiger partial charge is 0.492 e. The molecule has 0 unspecified atom stereocenters. The van der Waals surface area contributed by atoms with Gasteiger partial charge in [0.15, 0.2) is 0 Å². The van der Waals surface area contributed by atoms with Crippen LogP contribution in [0.5, 0.6) is 5.75 Å². The van der Waals surface area contributed by atoms with Gasteiger partial charge in [0, 0.05) is 24.8 Å². The third kappa shape index (κ3) is 1.91. The molecule has 1 aromatic carbocycles. The van der Waals surface area contributed by atoms with Crippen molar-refractivity contribution >= 4 is 0 Å². The van der Waals surface area contributed by atoms with E-state index in [0.29, 0.717) is 6.61 Å². The van der Waals surface area contributed by atoms with Crippen LogP contribution >= 0.6 is 0 Å². The molecule has 0 bridgehead atoms. The zero-order valence-electron chi connectivity index (χ0n) is 9.76. The fourth-order valence-electron chi connectivity index (χ4n) is 2.15. The Bertz CT molecular complexity index is 547. The van der Waals surface area contributed by atoms with Crippen molar-refractivity contribution in [2.24, 2.45) is 12.8 Å². The lowest BCUT2D eigenvalue weighted by molar-refractivity contribution is 0.263. The number of aryl methyl sites for hydroxylation is 1. The maximum atomic E-state index is 5.90. The molecule has 1 aliphatic heterocycles. The van der Waals surface area contributed by atoms with E-state index in [1.807, 2.05) is 31.4 Å². The predicted octanol–water partition coefficient (Wildman–Crippen LogP) is 1.35. The summed E-state index contributed by atoms with van der Waals surface area (Å²) in [5.74, 6) is 0.950. The molecule has 2 heterocycles. The number of fused-ring (bicyclic) bond motifs is 1. The second-order valence-corrected chi connectivity index (χ2v) is 4.47. The van der Waals surface area contributed by atoms with Crippen molar-refractivity contribution in [3.05, 3.63) is 36.0 Å². The van der Waals surface area contributed by atoms with Gasteiger partial charge in [-0.2, -0.15) is 5.10 Å². The summed E-state index contributed by atoms with van der Waals surface area (Å²) in [5, 5.41) is 4.39. The van der Waals surface area contributed by atoms with Crippen LogP contribution in [-0.4, -0.2) is 22.4 Å². The molecule has 0 spiro atoms. The normalized spacial score (nSPS) is 18.6. The van der Waals surface area contributed by atoms with Gasteiger partial charge in [0.05, 0.1) is 5.69 Å². The highest BCUT2D eigenvalue weighted by Crippen LogP contribution is 2.29. The highest BCUT2D eigenvalue weighted by Gasteiger charge is 2.17. The lowest BCUT2D eigenvalue weighted by atomic mass is 10.00. The molecule has 4 heteroatoms. The molecule has 4 nitrogen and oxygen atoms in total. The van der Waals surface area contributed by atoms with Crippen molar-refractivity contribution in [2.45, 2.75) is 12.5 Å². The Hall–Kier alpha value is -1.81. The minimum atomic E-state index is 0.0986. The molecule has 3 rings (SSSR count). The molecule has 0 amide bonds. The molecule has 1 aliphatic rings. The van der Waals surface area contributed by atoms with Gasteiger partial charge in [-0.25, -0.2) is 0 Å². The van der Waals surface area contributed by atoms with Crippen molar-refractivity contribution in [2.75, 3.05) is 6.61 Å². The van der Waals surface area contributed by atoms with Crippen molar-refractivity contribution < 1.29 is 4.74 Å². The van der Waals surface area contributed by atoms with Crippen molar-refractivity contribution in [3.63, 3.8) is 0 Å². The second kappa shape index (κ2) is 3.89. The van der Waals surface area contributed by atoms with E-state index in [9.17, 15) is 0 Å². The zero-order chi connectivity index (χ0) is 11.8. The average molecular weight is 229 g/mol. The topological polar surface area (TPSA) is 53.1 Å². The van der Waals surface area contributed by atoms with E-state index in [1.54, 1.807) is 4.68 Å². The molecule has 2 N–H and O–H groups in total. The Morgan fingerprint density at radius 3 is 3.06 bits per heavy atom. The summed E-state index contributed by atoms with van der Waals surface area (Å²) in [6.07, 6.45) is 2.81. The molecule has 0 saturated heterocycles. The Kier molecular flexibility index (Phi) is 2.37. The number of benzene rings is 1. The van der Waals surface area contributed by atoms with E-state index in [0.717, 1.165) is 23.4 Å². The third-order valence-electron chi connectivity index (χ3n) is 3.00. The number of hydrogen-bond acceptors (Lipinski definition) is 3. The fraction of sp³-hybridized carbons (Fsp3) is 0.308. The maximum absolute atomic E-state index is 5.90. The van der Waals surface area contributed by atoms with E-state index in [2.05, 4.69) is 11.2 Å². The van der Waals surface area contributed by atoms with Gasteiger partial charge in [-0.05, 0) is 36.2 Å². The lowest BCUT2D eigenvalue weighted by Crippen LogP contribution is -2.33. The summed E-state index contributed by atoms with van der Waals surface area (Å²) in [6, 6.07) is 8.27. The van der Waals surface area contributed by atoms with Gasteiger partial charge in [0.1, 0.15) is 12.4 Å². The van der Waals surface area contributed by atoms with Crippen LogP contribution in [0.25, 0.3) is 11.3 Å². The lowest BCUT2D eigenvalue weighted by Gasteiger charge is -2.22. The van der Waals surface area contributed by atoms with Crippen LogP contribution < -0.4 is 10.5 Å². The van der Waals surface area contributed by atoms with Crippen LogP contribution in [0.2, 0.25) is 0 Å². The minimum Gasteiger partial charge on any atom is -0.492 e. The monoisotopic (exact) mass is 229 g/mol. The molecule has 0 aliphatic carbocycles. The number of ether oxygens (including phenoxy) is 1. The molecule has 0 saturated carbocycles. The minimum absolute atomic E-state index is 0.0986.